The molecule has 13 nitrogen and oxygen atoms in total. The van der Waals surface area contributed by atoms with Crippen LogP contribution in [0.5, 0.6) is 0 Å². The molecule has 0 bridgehead atoms. The first kappa shape index (κ1) is 48.0. The number of carbonyl (C=O) groups excluding carboxylic acids is 5. The number of Topliss-reactive ketones (excluding diaryl/α,β-unsaturated/α-hetero) is 1. The molecule has 57 heavy (non-hydrogen) atoms. The molecule has 0 radical (unpaired) electrons. The smallest absolute Gasteiger partial charge is 0.303 e. The molecular weight excluding hydrogens is 736 g/mol. The molecule has 2 fully saturated rings. The predicted molar refractivity (Wildman–Crippen MR) is 211 cm³/mol. The molecule has 2 N–H and O–H groups in total. The van der Waals surface area contributed by atoms with Crippen molar-refractivity contribution in [2.24, 2.45) is 22.7 Å². The lowest BCUT2D eigenvalue weighted by atomic mass is 9.58. The van der Waals surface area contributed by atoms with Crippen LogP contribution in [-0.2, 0) is 52.4 Å². The zero-order chi connectivity index (χ0) is 43.0. The summed E-state index contributed by atoms with van der Waals surface area (Å²) in [4.78, 5) is 60.8. The summed E-state index contributed by atoms with van der Waals surface area (Å²) in [5.41, 5.74) is 1.45. The SMILES string of the molecule is CC(=O)OCC1OC(OC2CCC(C)(OC(C)=O)C(CC/C(C)=C/CC(/C=C(\C)CCC3C(C)=CCC(=O)C3(C)C)OC(C)=O)C2(C)C)C(OC(C)=O)C(O)C1O. The van der Waals surface area contributed by atoms with E-state index in [0.29, 0.717) is 38.5 Å². The quantitative estimate of drug-likeness (QED) is 0.0994. The first-order valence-electron chi connectivity index (χ1n) is 20.3. The Kier molecular flexibility index (Phi) is 16.9. The van der Waals surface area contributed by atoms with Crippen molar-refractivity contribution in [3.63, 3.8) is 0 Å². The van der Waals surface area contributed by atoms with Gasteiger partial charge in [-0.25, -0.2) is 0 Å². The first-order valence-corrected chi connectivity index (χ1v) is 20.3. The third-order valence-corrected chi connectivity index (χ3v) is 12.3. The lowest BCUT2D eigenvalue weighted by Gasteiger charge is -2.54. The van der Waals surface area contributed by atoms with Gasteiger partial charge in [0, 0.05) is 51.9 Å². The van der Waals surface area contributed by atoms with E-state index in [-0.39, 0.29) is 30.2 Å². The predicted octanol–water partition coefficient (Wildman–Crippen LogP) is 6.41. The van der Waals surface area contributed by atoms with Gasteiger partial charge in [0.1, 0.15) is 42.4 Å². The fourth-order valence-corrected chi connectivity index (χ4v) is 9.12. The maximum absolute atomic E-state index is 12.6. The van der Waals surface area contributed by atoms with Crippen LogP contribution in [0.3, 0.4) is 0 Å². The second-order valence-electron chi connectivity index (χ2n) is 17.7. The van der Waals surface area contributed by atoms with Gasteiger partial charge in [0.2, 0.25) is 0 Å². The second kappa shape index (κ2) is 20.0. The van der Waals surface area contributed by atoms with Crippen LogP contribution in [0.1, 0.15) is 134 Å². The van der Waals surface area contributed by atoms with E-state index in [9.17, 15) is 34.2 Å². The van der Waals surface area contributed by atoms with E-state index in [1.165, 1.54) is 33.3 Å². The van der Waals surface area contributed by atoms with Gasteiger partial charge in [-0.05, 0) is 83.6 Å². The number of esters is 4. The molecule has 0 aromatic heterocycles. The minimum Gasteiger partial charge on any atom is -0.463 e. The Morgan fingerprint density at radius 3 is 2.14 bits per heavy atom. The van der Waals surface area contributed by atoms with E-state index < -0.39 is 77.3 Å². The molecule has 0 aromatic rings. The van der Waals surface area contributed by atoms with Crippen molar-refractivity contribution < 1.29 is 62.6 Å². The number of rotatable bonds is 16. The highest BCUT2D eigenvalue weighted by Crippen LogP contribution is 2.52. The molecule has 1 aliphatic heterocycles. The fourth-order valence-electron chi connectivity index (χ4n) is 9.12. The van der Waals surface area contributed by atoms with E-state index in [1.807, 2.05) is 60.6 Å². The van der Waals surface area contributed by atoms with E-state index in [1.54, 1.807) is 0 Å². The monoisotopic (exact) mass is 804 g/mol. The third kappa shape index (κ3) is 12.8. The molecule has 322 valence electrons. The maximum Gasteiger partial charge on any atom is 0.303 e. The molecule has 0 amide bonds. The number of allylic oxidation sites excluding steroid dienone is 4. The summed E-state index contributed by atoms with van der Waals surface area (Å²) < 4.78 is 34.7. The Morgan fingerprint density at radius 2 is 1.54 bits per heavy atom. The third-order valence-electron chi connectivity index (χ3n) is 12.3. The van der Waals surface area contributed by atoms with Crippen molar-refractivity contribution in [3.05, 3.63) is 34.9 Å². The van der Waals surface area contributed by atoms with Gasteiger partial charge in [0.05, 0.1) is 6.10 Å². The molecular formula is C44H68O13. The van der Waals surface area contributed by atoms with Crippen molar-refractivity contribution in [2.75, 3.05) is 6.61 Å². The molecule has 0 aromatic carbocycles. The van der Waals surface area contributed by atoms with Crippen LogP contribution in [-0.4, -0.2) is 95.0 Å². The number of ether oxygens (including phenoxy) is 6. The second-order valence-corrected chi connectivity index (χ2v) is 17.7. The number of carbonyl (C=O) groups is 5. The zero-order valence-corrected chi connectivity index (χ0v) is 36.2. The van der Waals surface area contributed by atoms with Crippen LogP contribution < -0.4 is 0 Å². The van der Waals surface area contributed by atoms with Crippen LogP contribution in [0.15, 0.2) is 34.9 Å². The van der Waals surface area contributed by atoms with Gasteiger partial charge in [-0.2, -0.15) is 0 Å². The van der Waals surface area contributed by atoms with Crippen LogP contribution in [0, 0.1) is 22.7 Å². The lowest BCUT2D eigenvalue weighted by Crippen LogP contribution is -2.63. The van der Waals surface area contributed by atoms with Crippen molar-refractivity contribution in [1.82, 2.24) is 0 Å². The molecule has 1 saturated heterocycles. The Labute approximate surface area is 338 Å². The number of hydrogen-bond donors (Lipinski definition) is 2. The van der Waals surface area contributed by atoms with Gasteiger partial charge < -0.3 is 38.6 Å². The lowest BCUT2D eigenvalue weighted by molar-refractivity contribution is -0.329. The van der Waals surface area contributed by atoms with Crippen molar-refractivity contribution >= 4 is 29.7 Å². The first-order chi connectivity index (χ1) is 26.4. The molecule has 2 aliphatic carbocycles. The minimum atomic E-state index is -1.58. The highest BCUT2D eigenvalue weighted by atomic mass is 16.7. The van der Waals surface area contributed by atoms with Crippen LogP contribution >= 0.6 is 0 Å². The molecule has 1 saturated carbocycles. The molecule has 1 heterocycles. The standard InChI is InChI=1S/C44H68O13/c1-25(13-17-32(53-29(5)46)23-26(2)14-18-33-27(3)16-20-36(49)42(33,8)9)15-19-35-43(10,11)37(21-22-44(35,12)57-31(7)48)56-41-40(54-30(6)47)39(51)38(50)34(55-41)24-52-28(4)45/h13,16,23,32-35,37-41,50-51H,14-15,17-22,24H2,1-12H3/b25-13+,26-23+. The largest absolute Gasteiger partial charge is 0.463 e. The zero-order valence-electron chi connectivity index (χ0n) is 36.2. The molecule has 0 spiro atoms. The van der Waals surface area contributed by atoms with Crippen molar-refractivity contribution in [1.29, 1.82) is 0 Å². The van der Waals surface area contributed by atoms with Gasteiger partial charge in [-0.3, -0.25) is 24.0 Å². The topological polar surface area (TPSA) is 181 Å². The van der Waals surface area contributed by atoms with Gasteiger partial charge in [-0.15, -0.1) is 0 Å². The Balaban J connectivity index is 1.80. The highest BCUT2D eigenvalue weighted by Gasteiger charge is 2.56. The molecule has 10 unspecified atom stereocenters. The fraction of sp³-hybridized carbons (Fsp3) is 0.750. The van der Waals surface area contributed by atoms with E-state index >= 15 is 0 Å². The molecule has 10 atom stereocenters. The van der Waals surface area contributed by atoms with Gasteiger partial charge in [-0.1, -0.05) is 56.6 Å². The summed E-state index contributed by atoms with van der Waals surface area (Å²) in [5, 5.41) is 21.7. The van der Waals surface area contributed by atoms with Crippen LogP contribution in [0.4, 0.5) is 0 Å². The summed E-state index contributed by atoms with van der Waals surface area (Å²) in [6, 6.07) is 0. The summed E-state index contributed by atoms with van der Waals surface area (Å²) in [7, 11) is 0. The van der Waals surface area contributed by atoms with Crippen LogP contribution in [0.25, 0.3) is 0 Å². The Hall–Kier alpha value is -3.39. The number of aliphatic hydroxyl groups is 2. The normalized spacial score (nSPS) is 32.1. The number of hydrogen-bond acceptors (Lipinski definition) is 13. The maximum atomic E-state index is 12.6. The Morgan fingerprint density at radius 1 is 0.895 bits per heavy atom. The molecule has 3 rings (SSSR count). The van der Waals surface area contributed by atoms with E-state index in [4.69, 9.17) is 28.4 Å². The van der Waals surface area contributed by atoms with E-state index in [2.05, 4.69) is 13.0 Å². The van der Waals surface area contributed by atoms with Crippen molar-refractivity contribution in [2.45, 2.75) is 183 Å². The Bertz CT molecular complexity index is 1550. The van der Waals surface area contributed by atoms with E-state index in [0.717, 1.165) is 24.0 Å². The highest BCUT2D eigenvalue weighted by molar-refractivity contribution is 5.87. The summed E-state index contributed by atoms with van der Waals surface area (Å²) in [6.45, 7) is 21.0. The van der Waals surface area contributed by atoms with Gasteiger partial charge in [0.15, 0.2) is 12.4 Å². The molecule has 13 heteroatoms. The average Bonchev–Trinajstić information content (AvgIpc) is 3.08. The number of ketones is 1. The minimum absolute atomic E-state index is 0.150. The average molecular weight is 805 g/mol. The summed E-state index contributed by atoms with van der Waals surface area (Å²) in [6.07, 6.45) is 2.83. The van der Waals surface area contributed by atoms with Gasteiger partial charge in [0.25, 0.3) is 0 Å². The van der Waals surface area contributed by atoms with Crippen LogP contribution in [0.2, 0.25) is 0 Å². The summed E-state index contributed by atoms with van der Waals surface area (Å²) >= 11 is 0. The summed E-state index contributed by atoms with van der Waals surface area (Å²) in [5.74, 6) is -1.92. The van der Waals surface area contributed by atoms with Gasteiger partial charge >= 0.3 is 23.9 Å². The molecule has 3 aliphatic rings. The van der Waals surface area contributed by atoms with Crippen molar-refractivity contribution in [3.8, 4) is 0 Å². The number of aliphatic hydroxyl groups excluding tert-OH is 2.